The lowest BCUT2D eigenvalue weighted by Gasteiger charge is -2.10. The average Bonchev–Trinajstić information content (AvgIpc) is 2.63. The highest BCUT2D eigenvalue weighted by Crippen LogP contribution is 2.24. The van der Waals surface area contributed by atoms with Crippen molar-refractivity contribution in [3.8, 4) is 0 Å². The van der Waals surface area contributed by atoms with Crippen LogP contribution in [0.3, 0.4) is 0 Å². The average molecular weight is 277 g/mol. The number of nitro groups is 1. The molecule has 1 unspecified atom stereocenters. The third kappa shape index (κ3) is 2.30. The number of carboxylic acids is 1. The number of aromatic nitrogens is 2. The molecule has 0 spiro atoms. The SMILES string of the molecule is CC1([N+](=O)[O-])C=CC=C(c2nn(O)cc2C(=O)O)C=C1. The summed E-state index contributed by atoms with van der Waals surface area (Å²) in [4.78, 5) is 22.0. The smallest absolute Gasteiger partial charge is 0.339 e. The predicted octanol–water partition coefficient (Wildman–Crippen LogP) is 1.36. The molecule has 0 aromatic carbocycles. The molecule has 0 aliphatic heterocycles. The summed E-state index contributed by atoms with van der Waals surface area (Å²) in [5.74, 6) is -1.25. The summed E-state index contributed by atoms with van der Waals surface area (Å²) >= 11 is 0. The largest absolute Gasteiger partial charge is 0.478 e. The lowest BCUT2D eigenvalue weighted by molar-refractivity contribution is -0.535. The Balaban J connectivity index is 2.46. The monoisotopic (exact) mass is 277 g/mol. The normalized spacial score (nSPS) is 21.4. The third-order valence-electron chi connectivity index (χ3n) is 2.91. The van der Waals surface area contributed by atoms with Gasteiger partial charge in [0.15, 0.2) is 0 Å². The first-order valence-corrected chi connectivity index (χ1v) is 5.59. The molecule has 0 bridgehead atoms. The Labute approximate surface area is 113 Å². The summed E-state index contributed by atoms with van der Waals surface area (Å²) in [6.07, 6.45) is 8.04. The molecular weight excluding hydrogens is 266 g/mol. The number of hydrogen-bond acceptors (Lipinski definition) is 5. The second-order valence-corrected chi connectivity index (χ2v) is 4.41. The van der Waals surface area contributed by atoms with Gasteiger partial charge in [0.2, 0.25) is 0 Å². The van der Waals surface area contributed by atoms with E-state index in [4.69, 9.17) is 5.11 Å². The molecule has 2 N–H and O–H groups in total. The van der Waals surface area contributed by atoms with Gasteiger partial charge in [0, 0.05) is 17.4 Å². The van der Waals surface area contributed by atoms with Gasteiger partial charge in [-0.05, 0) is 18.2 Å². The summed E-state index contributed by atoms with van der Waals surface area (Å²) < 4.78 is 0. The van der Waals surface area contributed by atoms with E-state index in [0.717, 1.165) is 6.20 Å². The number of aromatic carboxylic acids is 1. The molecule has 2 rings (SSSR count). The molecule has 0 radical (unpaired) electrons. The van der Waals surface area contributed by atoms with Crippen LogP contribution in [0.15, 0.2) is 36.6 Å². The van der Waals surface area contributed by atoms with Crippen molar-refractivity contribution in [1.29, 1.82) is 0 Å². The molecule has 20 heavy (non-hydrogen) atoms. The lowest BCUT2D eigenvalue weighted by Crippen LogP contribution is -2.29. The first-order chi connectivity index (χ1) is 9.33. The molecule has 8 heteroatoms. The second-order valence-electron chi connectivity index (χ2n) is 4.41. The Kier molecular flexibility index (Phi) is 3.15. The maximum atomic E-state index is 11.1. The standard InChI is InChI=1S/C12H11N3O5/c1-12(15(19)20)5-2-3-8(4-6-12)10-9(11(16)17)7-14(18)13-10/h2-7,18H,1H3,(H,16,17). The van der Waals surface area contributed by atoms with E-state index in [0.29, 0.717) is 10.4 Å². The van der Waals surface area contributed by atoms with E-state index < -0.39 is 16.4 Å². The second kappa shape index (κ2) is 4.65. The molecule has 8 nitrogen and oxygen atoms in total. The van der Waals surface area contributed by atoms with Gasteiger partial charge in [0.25, 0.3) is 5.54 Å². The third-order valence-corrected chi connectivity index (χ3v) is 2.91. The van der Waals surface area contributed by atoms with Gasteiger partial charge in [-0.25, -0.2) is 4.79 Å². The van der Waals surface area contributed by atoms with Crippen molar-refractivity contribution in [2.24, 2.45) is 0 Å². The zero-order valence-electron chi connectivity index (χ0n) is 10.4. The van der Waals surface area contributed by atoms with E-state index in [1.54, 1.807) is 0 Å². The molecular formula is C12H11N3O5. The molecule has 1 heterocycles. The van der Waals surface area contributed by atoms with Gasteiger partial charge in [0.1, 0.15) is 11.3 Å². The van der Waals surface area contributed by atoms with Crippen molar-refractivity contribution in [3.05, 3.63) is 57.9 Å². The maximum Gasteiger partial charge on any atom is 0.339 e. The minimum Gasteiger partial charge on any atom is -0.478 e. The Hall–Kier alpha value is -2.90. The van der Waals surface area contributed by atoms with E-state index in [2.05, 4.69) is 5.10 Å². The fourth-order valence-corrected chi connectivity index (χ4v) is 1.73. The van der Waals surface area contributed by atoms with Crippen LogP contribution in [0.4, 0.5) is 0 Å². The van der Waals surface area contributed by atoms with Crippen LogP contribution in [0.5, 0.6) is 0 Å². The van der Waals surface area contributed by atoms with E-state index in [-0.39, 0.29) is 11.3 Å². The zero-order valence-corrected chi connectivity index (χ0v) is 10.4. The van der Waals surface area contributed by atoms with Crippen molar-refractivity contribution >= 4 is 11.5 Å². The maximum absolute atomic E-state index is 11.1. The van der Waals surface area contributed by atoms with Crippen molar-refractivity contribution in [2.75, 3.05) is 0 Å². The van der Waals surface area contributed by atoms with Crippen LogP contribution in [-0.4, -0.2) is 36.7 Å². The fourth-order valence-electron chi connectivity index (χ4n) is 1.73. The van der Waals surface area contributed by atoms with Gasteiger partial charge < -0.3 is 10.3 Å². The number of carbonyl (C=O) groups is 1. The summed E-state index contributed by atoms with van der Waals surface area (Å²) in [5, 5.41) is 32.9. The van der Waals surface area contributed by atoms with Crippen LogP contribution in [0, 0.1) is 10.1 Å². The van der Waals surface area contributed by atoms with E-state index in [9.17, 15) is 20.1 Å². The molecule has 0 saturated heterocycles. The molecule has 1 aliphatic carbocycles. The van der Waals surface area contributed by atoms with Crippen molar-refractivity contribution in [3.63, 3.8) is 0 Å². The molecule has 0 amide bonds. The number of carboxylic acid groups (broad SMARTS) is 1. The van der Waals surface area contributed by atoms with Crippen molar-refractivity contribution < 1.29 is 20.0 Å². The van der Waals surface area contributed by atoms with Crippen LogP contribution in [-0.2, 0) is 0 Å². The van der Waals surface area contributed by atoms with E-state index >= 15 is 0 Å². The Morgan fingerprint density at radius 2 is 2.20 bits per heavy atom. The predicted molar refractivity (Wildman–Crippen MR) is 68.0 cm³/mol. The zero-order chi connectivity index (χ0) is 14.9. The highest BCUT2D eigenvalue weighted by molar-refractivity contribution is 5.94. The number of hydrogen-bond donors (Lipinski definition) is 2. The summed E-state index contributed by atoms with van der Waals surface area (Å²) in [7, 11) is 0. The van der Waals surface area contributed by atoms with Crippen LogP contribution >= 0.6 is 0 Å². The number of nitrogens with zero attached hydrogens (tertiary/aromatic N) is 3. The highest BCUT2D eigenvalue weighted by atomic mass is 16.6. The molecule has 104 valence electrons. The summed E-state index contributed by atoms with van der Waals surface area (Å²) in [6, 6.07) is 0. The molecule has 1 aromatic rings. The molecule has 0 fully saturated rings. The first kappa shape index (κ1) is 13.5. The molecule has 1 aliphatic rings. The Bertz CT molecular complexity index is 671. The van der Waals surface area contributed by atoms with Crippen LogP contribution < -0.4 is 0 Å². The van der Waals surface area contributed by atoms with Gasteiger partial charge in [-0.15, -0.1) is 9.94 Å². The lowest BCUT2D eigenvalue weighted by atomic mass is 10.0. The Morgan fingerprint density at radius 1 is 1.50 bits per heavy atom. The van der Waals surface area contributed by atoms with E-state index in [1.165, 1.54) is 37.3 Å². The number of rotatable bonds is 3. The minimum atomic E-state index is -1.37. The van der Waals surface area contributed by atoms with Crippen LogP contribution in [0.1, 0.15) is 23.0 Å². The topological polar surface area (TPSA) is 118 Å². The van der Waals surface area contributed by atoms with Gasteiger partial charge >= 0.3 is 5.97 Å². The molecule has 0 saturated carbocycles. The first-order valence-electron chi connectivity index (χ1n) is 5.59. The van der Waals surface area contributed by atoms with Crippen molar-refractivity contribution in [2.45, 2.75) is 12.5 Å². The molecule has 1 atom stereocenters. The van der Waals surface area contributed by atoms with Gasteiger partial charge in [0.05, 0.1) is 6.20 Å². The number of allylic oxidation sites excluding steroid dienone is 4. The van der Waals surface area contributed by atoms with Gasteiger partial charge in [-0.3, -0.25) is 10.1 Å². The van der Waals surface area contributed by atoms with Gasteiger partial charge in [-0.2, -0.15) is 0 Å². The van der Waals surface area contributed by atoms with Crippen LogP contribution in [0.25, 0.3) is 5.57 Å². The molecule has 1 aromatic heterocycles. The summed E-state index contributed by atoms with van der Waals surface area (Å²) in [6.45, 7) is 1.42. The minimum absolute atomic E-state index is 0.0356. The van der Waals surface area contributed by atoms with Crippen LogP contribution in [0.2, 0.25) is 0 Å². The quantitative estimate of drug-likeness (QED) is 0.489. The summed E-state index contributed by atoms with van der Waals surface area (Å²) in [5.41, 5.74) is -1.17. The fraction of sp³-hybridized carbons (Fsp3) is 0.167. The highest BCUT2D eigenvalue weighted by Gasteiger charge is 2.31. The van der Waals surface area contributed by atoms with Gasteiger partial charge in [-0.1, -0.05) is 12.2 Å². The Morgan fingerprint density at radius 3 is 2.80 bits per heavy atom. The van der Waals surface area contributed by atoms with E-state index in [1.807, 2.05) is 0 Å². The van der Waals surface area contributed by atoms with Crippen molar-refractivity contribution in [1.82, 2.24) is 9.94 Å².